The van der Waals surface area contributed by atoms with Gasteiger partial charge in [-0.05, 0) is 56.4 Å². The first-order chi connectivity index (χ1) is 14.4. The van der Waals surface area contributed by atoms with Crippen molar-refractivity contribution in [1.82, 2.24) is 0 Å². The third-order valence-corrected chi connectivity index (χ3v) is 7.01. The van der Waals surface area contributed by atoms with E-state index in [0.717, 1.165) is 19.4 Å². The van der Waals surface area contributed by atoms with Gasteiger partial charge in [0.1, 0.15) is 11.4 Å². The van der Waals surface area contributed by atoms with Crippen molar-refractivity contribution in [3.63, 3.8) is 0 Å². The Labute approximate surface area is 179 Å². The van der Waals surface area contributed by atoms with Crippen LogP contribution in [0.25, 0.3) is 0 Å². The van der Waals surface area contributed by atoms with E-state index in [9.17, 15) is 0 Å². The van der Waals surface area contributed by atoms with E-state index in [2.05, 4.69) is 51.7 Å². The van der Waals surface area contributed by atoms with Crippen molar-refractivity contribution >= 4 is 17.6 Å². The van der Waals surface area contributed by atoms with E-state index in [4.69, 9.17) is 19.2 Å². The van der Waals surface area contributed by atoms with Crippen LogP contribution in [-0.4, -0.2) is 32.7 Å². The van der Waals surface area contributed by atoms with Crippen molar-refractivity contribution in [3.8, 4) is 17.2 Å². The fourth-order valence-corrected chi connectivity index (χ4v) is 5.08. The Bertz CT molecular complexity index is 1020. The minimum Gasteiger partial charge on any atom is -0.496 e. The number of hydrogen-bond donors (Lipinski definition) is 0. The second kappa shape index (κ2) is 7.22. The van der Waals surface area contributed by atoms with Crippen LogP contribution in [0.5, 0.6) is 17.2 Å². The third kappa shape index (κ3) is 2.57. The minimum absolute atomic E-state index is 0.259. The van der Waals surface area contributed by atoms with Crippen molar-refractivity contribution in [2.45, 2.75) is 58.6 Å². The molecule has 0 bridgehead atoms. The first-order valence-corrected chi connectivity index (χ1v) is 10.8. The van der Waals surface area contributed by atoms with Gasteiger partial charge in [-0.1, -0.05) is 19.9 Å². The van der Waals surface area contributed by atoms with E-state index < -0.39 is 5.72 Å². The maximum atomic E-state index is 6.93. The lowest BCUT2D eigenvalue weighted by Crippen LogP contribution is -2.63. The molecule has 0 aliphatic carbocycles. The summed E-state index contributed by atoms with van der Waals surface area (Å²) in [6, 6.07) is 8.22. The normalized spacial score (nSPS) is 23.9. The summed E-state index contributed by atoms with van der Waals surface area (Å²) in [7, 11) is 3.30. The summed E-state index contributed by atoms with van der Waals surface area (Å²) < 4.78 is 18.0. The Balaban J connectivity index is 1.97. The zero-order valence-corrected chi connectivity index (χ0v) is 19.1. The van der Waals surface area contributed by atoms with Crippen molar-refractivity contribution in [2.75, 3.05) is 25.7 Å². The largest absolute Gasteiger partial charge is 0.496 e. The molecule has 0 saturated heterocycles. The van der Waals surface area contributed by atoms with Crippen molar-refractivity contribution in [1.29, 1.82) is 0 Å². The highest BCUT2D eigenvalue weighted by molar-refractivity contribution is 5.90. The summed E-state index contributed by atoms with van der Waals surface area (Å²) in [6.07, 6.45) is 3.94. The number of aryl methyl sites for hydroxylation is 1. The molecule has 2 atom stereocenters. The van der Waals surface area contributed by atoms with Gasteiger partial charge in [0, 0.05) is 24.4 Å². The number of anilines is 1. The number of rotatable bonds is 5. The Kier molecular flexibility index (Phi) is 4.95. The Morgan fingerprint density at radius 1 is 1.10 bits per heavy atom. The SMILES string of the molecule is CCCN1c2ccc(C)c(C)c2C(C)(CC)C12C=Nc1c(OC)cc(OC)cc1O2. The van der Waals surface area contributed by atoms with Crippen LogP contribution in [0.4, 0.5) is 11.4 Å². The molecule has 4 rings (SSSR count). The minimum atomic E-state index is -0.705. The molecule has 0 aromatic heterocycles. The van der Waals surface area contributed by atoms with Crippen molar-refractivity contribution in [2.24, 2.45) is 4.99 Å². The topological polar surface area (TPSA) is 43.3 Å². The lowest BCUT2D eigenvalue weighted by molar-refractivity contribution is 0.0651. The summed E-state index contributed by atoms with van der Waals surface area (Å²) in [5.41, 5.74) is 4.99. The van der Waals surface area contributed by atoms with Crippen LogP contribution in [0.3, 0.4) is 0 Å². The van der Waals surface area contributed by atoms with E-state index in [1.165, 1.54) is 22.4 Å². The Morgan fingerprint density at radius 2 is 1.87 bits per heavy atom. The van der Waals surface area contributed by atoms with Crippen LogP contribution in [0.1, 0.15) is 50.3 Å². The zero-order valence-electron chi connectivity index (χ0n) is 19.1. The molecule has 5 heteroatoms. The van der Waals surface area contributed by atoms with Gasteiger partial charge < -0.3 is 19.1 Å². The van der Waals surface area contributed by atoms with E-state index in [1.54, 1.807) is 14.2 Å². The fourth-order valence-electron chi connectivity index (χ4n) is 5.08. The standard InChI is InChI=1S/C25H32N2O3/c1-8-12-27-19-11-10-16(3)17(4)22(19)24(5,9-2)25(27)15-26-23-20(29-7)13-18(28-6)14-21(23)30-25/h10-11,13-15H,8-9,12H2,1-7H3. The van der Waals surface area contributed by atoms with Gasteiger partial charge in [-0.2, -0.15) is 0 Å². The monoisotopic (exact) mass is 408 g/mol. The van der Waals surface area contributed by atoms with Crippen LogP contribution in [-0.2, 0) is 5.41 Å². The molecule has 30 heavy (non-hydrogen) atoms. The molecule has 1 spiro atoms. The highest BCUT2D eigenvalue weighted by atomic mass is 16.5. The van der Waals surface area contributed by atoms with Crippen molar-refractivity contribution in [3.05, 3.63) is 41.0 Å². The predicted octanol–water partition coefficient (Wildman–Crippen LogP) is 5.71. The van der Waals surface area contributed by atoms with Crippen LogP contribution >= 0.6 is 0 Å². The Morgan fingerprint density at radius 3 is 2.50 bits per heavy atom. The number of benzene rings is 2. The van der Waals surface area contributed by atoms with Gasteiger partial charge in [0.05, 0.1) is 25.8 Å². The smallest absolute Gasteiger partial charge is 0.229 e. The summed E-state index contributed by atoms with van der Waals surface area (Å²) in [4.78, 5) is 7.31. The van der Waals surface area contributed by atoms with Crippen LogP contribution in [0, 0.1) is 13.8 Å². The molecule has 0 amide bonds. The van der Waals surface area contributed by atoms with Crippen LogP contribution in [0.15, 0.2) is 29.3 Å². The van der Waals surface area contributed by atoms with E-state index in [0.29, 0.717) is 22.9 Å². The molecule has 2 aliphatic rings. The molecule has 0 saturated carbocycles. The van der Waals surface area contributed by atoms with E-state index >= 15 is 0 Å². The molecule has 2 aromatic rings. The molecule has 0 N–H and O–H groups in total. The molecule has 2 aromatic carbocycles. The van der Waals surface area contributed by atoms with Gasteiger partial charge in [0.25, 0.3) is 0 Å². The number of methoxy groups -OCH3 is 2. The lowest BCUT2D eigenvalue weighted by atomic mass is 9.71. The number of ether oxygens (including phenoxy) is 3. The van der Waals surface area contributed by atoms with Crippen LogP contribution < -0.4 is 19.1 Å². The molecule has 2 aliphatic heterocycles. The number of aliphatic imine (C=N–C) groups is 1. The molecule has 160 valence electrons. The molecule has 2 unspecified atom stereocenters. The predicted molar refractivity (Wildman–Crippen MR) is 122 cm³/mol. The molecular formula is C25H32N2O3. The van der Waals surface area contributed by atoms with Gasteiger partial charge in [0.2, 0.25) is 5.72 Å². The summed E-state index contributed by atoms with van der Waals surface area (Å²) in [5.74, 6) is 2.04. The van der Waals surface area contributed by atoms with Gasteiger partial charge >= 0.3 is 0 Å². The summed E-state index contributed by atoms with van der Waals surface area (Å²) in [5, 5.41) is 0. The number of nitrogens with zero attached hydrogens (tertiary/aromatic N) is 2. The third-order valence-electron chi connectivity index (χ3n) is 7.01. The number of fused-ring (bicyclic) bond motifs is 2. The van der Waals surface area contributed by atoms with E-state index in [-0.39, 0.29) is 5.41 Å². The molecule has 0 radical (unpaired) electrons. The summed E-state index contributed by atoms with van der Waals surface area (Å²) >= 11 is 0. The summed E-state index contributed by atoms with van der Waals surface area (Å²) in [6.45, 7) is 12.0. The van der Waals surface area contributed by atoms with Crippen LogP contribution in [0.2, 0.25) is 0 Å². The quantitative estimate of drug-likeness (QED) is 0.636. The maximum Gasteiger partial charge on any atom is 0.229 e. The first-order valence-electron chi connectivity index (χ1n) is 10.8. The molecular weight excluding hydrogens is 376 g/mol. The highest BCUT2D eigenvalue weighted by Crippen LogP contribution is 2.58. The van der Waals surface area contributed by atoms with Gasteiger partial charge in [0.15, 0.2) is 11.5 Å². The fraction of sp³-hybridized carbons (Fsp3) is 0.480. The van der Waals surface area contributed by atoms with Gasteiger partial charge in [-0.15, -0.1) is 0 Å². The second-order valence-electron chi connectivity index (χ2n) is 8.47. The number of hydrogen-bond acceptors (Lipinski definition) is 5. The average Bonchev–Trinajstić information content (AvgIpc) is 2.95. The highest BCUT2D eigenvalue weighted by Gasteiger charge is 2.61. The first kappa shape index (κ1) is 20.6. The molecule has 2 heterocycles. The van der Waals surface area contributed by atoms with Crippen molar-refractivity contribution < 1.29 is 14.2 Å². The second-order valence-corrected chi connectivity index (χ2v) is 8.47. The van der Waals surface area contributed by atoms with Gasteiger partial charge in [-0.25, -0.2) is 4.99 Å². The zero-order chi connectivity index (χ0) is 21.7. The molecule has 5 nitrogen and oxygen atoms in total. The van der Waals surface area contributed by atoms with E-state index in [1.807, 2.05) is 18.3 Å². The molecule has 0 fully saturated rings. The lowest BCUT2D eigenvalue weighted by Gasteiger charge is -2.47. The van der Waals surface area contributed by atoms with Gasteiger partial charge in [-0.3, -0.25) is 0 Å². The Hall–Kier alpha value is -2.69. The average molecular weight is 409 g/mol. The maximum absolute atomic E-state index is 6.93.